The first-order valence-corrected chi connectivity index (χ1v) is 15.7. The van der Waals surface area contributed by atoms with Crippen molar-refractivity contribution in [1.29, 1.82) is 0 Å². The normalized spacial score (nSPS) is 22.6. The number of morpholine rings is 1. The number of hydrogen-bond acceptors (Lipinski definition) is 11. The lowest BCUT2D eigenvalue weighted by molar-refractivity contribution is -0.114. The van der Waals surface area contributed by atoms with E-state index in [1.807, 2.05) is 26.0 Å². The van der Waals surface area contributed by atoms with E-state index in [-0.39, 0.29) is 42.2 Å². The first-order chi connectivity index (χ1) is 20.0. The predicted molar refractivity (Wildman–Crippen MR) is 159 cm³/mol. The number of carbonyl (C=O) groups is 1. The molecule has 13 heteroatoms. The second-order valence-electron chi connectivity index (χ2n) is 11.1. The zero-order valence-electron chi connectivity index (χ0n) is 24.1. The Balaban J connectivity index is 1.54. The molecule has 3 aromatic rings. The smallest absolute Gasteiger partial charge is 0.222 e. The molecule has 3 aromatic heterocycles. The van der Waals surface area contributed by atoms with Crippen molar-refractivity contribution < 1.29 is 27.8 Å². The van der Waals surface area contributed by atoms with Crippen molar-refractivity contribution in [3.8, 4) is 11.3 Å². The summed E-state index contributed by atoms with van der Waals surface area (Å²) in [4.78, 5) is 27.5. The highest BCUT2D eigenvalue weighted by atomic mass is 32.2. The van der Waals surface area contributed by atoms with Crippen LogP contribution >= 0.6 is 0 Å². The highest BCUT2D eigenvalue weighted by molar-refractivity contribution is 7.90. The van der Waals surface area contributed by atoms with Gasteiger partial charge in [0.25, 0.3) is 0 Å². The maximum absolute atomic E-state index is 12.6. The summed E-state index contributed by atoms with van der Waals surface area (Å²) in [5.41, 5.74) is 2.58. The summed E-state index contributed by atoms with van der Waals surface area (Å²) in [6.45, 7) is 7.52. The third-order valence-electron chi connectivity index (χ3n) is 7.48. The number of sulfone groups is 1. The van der Waals surface area contributed by atoms with Crippen LogP contribution in [-0.2, 0) is 29.5 Å². The van der Waals surface area contributed by atoms with E-state index in [1.54, 1.807) is 24.5 Å². The minimum atomic E-state index is -3.68. The van der Waals surface area contributed by atoms with Crippen LogP contribution in [0, 0.1) is 0 Å². The summed E-state index contributed by atoms with van der Waals surface area (Å²) in [5.74, 6) is 0.266. The molecule has 3 N–H and O–H groups in total. The van der Waals surface area contributed by atoms with Crippen molar-refractivity contribution in [3.63, 3.8) is 0 Å². The molecule has 1 amide bonds. The summed E-state index contributed by atoms with van der Waals surface area (Å²) in [6, 6.07) is 8.74. The molecule has 3 atom stereocenters. The van der Waals surface area contributed by atoms with E-state index in [0.717, 1.165) is 25.0 Å². The fraction of sp³-hybridized carbons (Fsp3) is 0.448. The zero-order valence-corrected chi connectivity index (χ0v) is 24.9. The third-order valence-corrected chi connectivity index (χ3v) is 8.45. The number of aliphatic hydroxyl groups is 1. The Labute approximate surface area is 245 Å². The summed E-state index contributed by atoms with van der Waals surface area (Å²) in [5, 5.41) is 16.1. The number of anilines is 4. The number of aromatic nitrogens is 3. The standard InChI is InChI=1S/C29H36N6O6S/c1-18-14-35(15-19(2)41-18)22-5-6-24(30-12-22)23-13-31-26(32-20(3)37)11-25(23)33-27-9-21(10-28(34-27)42(4,38)39)29(16-36)7-8-40-17-29/h5-6,9-13,18-19,36H,7-8,14-17H2,1-4H3,(H2,31,32,33,34,37). The summed E-state index contributed by atoms with van der Waals surface area (Å²) >= 11 is 0. The molecule has 2 aliphatic heterocycles. The molecule has 0 saturated carbocycles. The van der Waals surface area contributed by atoms with Crippen LogP contribution in [0.4, 0.5) is 23.0 Å². The molecule has 0 aliphatic carbocycles. The van der Waals surface area contributed by atoms with E-state index in [1.165, 1.54) is 13.0 Å². The van der Waals surface area contributed by atoms with E-state index in [9.17, 15) is 18.3 Å². The number of ether oxygens (including phenoxy) is 2. The van der Waals surface area contributed by atoms with Gasteiger partial charge in [0.05, 0.1) is 48.7 Å². The molecule has 2 fully saturated rings. The Bertz CT molecular complexity index is 1550. The van der Waals surface area contributed by atoms with Gasteiger partial charge >= 0.3 is 0 Å². The van der Waals surface area contributed by atoms with Crippen molar-refractivity contribution >= 4 is 38.8 Å². The molecule has 42 heavy (non-hydrogen) atoms. The van der Waals surface area contributed by atoms with Gasteiger partial charge in [-0.05, 0) is 50.1 Å². The average molecular weight is 597 g/mol. The zero-order chi connectivity index (χ0) is 30.1. The van der Waals surface area contributed by atoms with Crippen LogP contribution in [0.5, 0.6) is 0 Å². The molecular weight excluding hydrogens is 560 g/mol. The van der Waals surface area contributed by atoms with Crippen molar-refractivity contribution in [2.45, 2.75) is 49.8 Å². The van der Waals surface area contributed by atoms with Gasteiger partial charge in [-0.3, -0.25) is 9.78 Å². The number of rotatable bonds is 8. The lowest BCUT2D eigenvalue weighted by Gasteiger charge is -2.36. The molecule has 12 nitrogen and oxygen atoms in total. The Morgan fingerprint density at radius 2 is 1.88 bits per heavy atom. The topological polar surface area (TPSA) is 156 Å². The highest BCUT2D eigenvalue weighted by Gasteiger charge is 2.37. The minimum Gasteiger partial charge on any atom is -0.395 e. The van der Waals surface area contributed by atoms with E-state index in [2.05, 4.69) is 25.5 Å². The molecular formula is C29H36N6O6S. The van der Waals surface area contributed by atoms with Crippen LogP contribution in [0.3, 0.4) is 0 Å². The number of hydrogen-bond donors (Lipinski definition) is 3. The van der Waals surface area contributed by atoms with Gasteiger partial charge < -0.3 is 30.1 Å². The molecule has 5 rings (SSSR count). The molecule has 5 heterocycles. The number of nitrogens with zero attached hydrogens (tertiary/aromatic N) is 4. The van der Waals surface area contributed by atoms with Crippen LogP contribution in [-0.4, -0.2) is 85.8 Å². The number of carbonyl (C=O) groups excluding carboxylic acids is 1. The lowest BCUT2D eigenvalue weighted by Crippen LogP contribution is -2.45. The Morgan fingerprint density at radius 3 is 2.48 bits per heavy atom. The van der Waals surface area contributed by atoms with E-state index in [0.29, 0.717) is 41.4 Å². The van der Waals surface area contributed by atoms with E-state index in [4.69, 9.17) is 14.5 Å². The van der Waals surface area contributed by atoms with Crippen LogP contribution in [0.25, 0.3) is 11.3 Å². The van der Waals surface area contributed by atoms with Gasteiger partial charge in [0, 0.05) is 56.1 Å². The Morgan fingerprint density at radius 1 is 1.12 bits per heavy atom. The van der Waals surface area contributed by atoms with Crippen LogP contribution in [0.2, 0.25) is 0 Å². The van der Waals surface area contributed by atoms with Crippen LogP contribution < -0.4 is 15.5 Å². The first-order valence-electron chi connectivity index (χ1n) is 13.8. The molecule has 2 aliphatic rings. The van der Waals surface area contributed by atoms with E-state index >= 15 is 0 Å². The monoisotopic (exact) mass is 596 g/mol. The minimum absolute atomic E-state index is 0.107. The SMILES string of the molecule is CC(=O)Nc1cc(Nc2cc(C3(CO)CCOC3)cc(S(C)(=O)=O)n2)c(-c2ccc(N3CC(C)OC(C)C3)cn2)cn1. The van der Waals surface area contributed by atoms with Crippen molar-refractivity contribution in [2.75, 3.05) is 54.7 Å². The molecule has 0 aromatic carbocycles. The Kier molecular flexibility index (Phi) is 8.46. The maximum atomic E-state index is 12.6. The quantitative estimate of drug-likeness (QED) is 0.351. The number of pyridine rings is 3. The van der Waals surface area contributed by atoms with Gasteiger partial charge in [-0.15, -0.1) is 0 Å². The van der Waals surface area contributed by atoms with Gasteiger partial charge in [-0.1, -0.05) is 0 Å². The van der Waals surface area contributed by atoms with Gasteiger partial charge in [0.2, 0.25) is 5.91 Å². The fourth-order valence-corrected chi connectivity index (χ4v) is 5.99. The van der Waals surface area contributed by atoms with Crippen LogP contribution in [0.15, 0.2) is 47.8 Å². The van der Waals surface area contributed by atoms with Crippen LogP contribution in [0.1, 0.15) is 32.8 Å². The first kappa shape index (κ1) is 29.8. The third kappa shape index (κ3) is 6.54. The molecule has 224 valence electrons. The largest absolute Gasteiger partial charge is 0.395 e. The lowest BCUT2D eigenvalue weighted by atomic mass is 9.81. The summed E-state index contributed by atoms with van der Waals surface area (Å²) in [6.07, 6.45) is 5.24. The second-order valence-corrected chi connectivity index (χ2v) is 13.0. The Hall–Kier alpha value is -3.65. The number of nitrogens with one attached hydrogen (secondary N) is 2. The molecule has 3 unspecified atom stereocenters. The van der Waals surface area contributed by atoms with Gasteiger partial charge in [0.15, 0.2) is 14.9 Å². The maximum Gasteiger partial charge on any atom is 0.222 e. The molecule has 0 spiro atoms. The highest BCUT2D eigenvalue weighted by Crippen LogP contribution is 2.37. The van der Waals surface area contributed by atoms with Crippen molar-refractivity contribution in [3.05, 3.63) is 48.3 Å². The molecule has 2 saturated heterocycles. The fourth-order valence-electron chi connectivity index (χ4n) is 5.39. The van der Waals surface area contributed by atoms with Crippen molar-refractivity contribution in [2.24, 2.45) is 0 Å². The average Bonchev–Trinajstić information content (AvgIpc) is 3.43. The number of amides is 1. The number of aliphatic hydroxyl groups excluding tert-OH is 1. The van der Waals surface area contributed by atoms with Gasteiger partial charge in [0.1, 0.15) is 11.6 Å². The summed E-state index contributed by atoms with van der Waals surface area (Å²) in [7, 11) is -3.68. The second kappa shape index (κ2) is 11.9. The molecule has 0 radical (unpaired) electrons. The molecule has 0 bridgehead atoms. The van der Waals surface area contributed by atoms with Gasteiger partial charge in [-0.25, -0.2) is 18.4 Å². The van der Waals surface area contributed by atoms with E-state index < -0.39 is 15.3 Å². The van der Waals surface area contributed by atoms with Gasteiger partial charge in [-0.2, -0.15) is 0 Å². The predicted octanol–water partition coefficient (Wildman–Crippen LogP) is 2.91. The van der Waals surface area contributed by atoms with Crippen molar-refractivity contribution in [1.82, 2.24) is 15.0 Å². The summed E-state index contributed by atoms with van der Waals surface area (Å²) < 4.78 is 36.6.